The summed E-state index contributed by atoms with van der Waals surface area (Å²) in [5.41, 5.74) is 1.98. The van der Waals surface area contributed by atoms with Gasteiger partial charge in [-0.15, -0.1) is 0 Å². The Bertz CT molecular complexity index is 605. The van der Waals surface area contributed by atoms with Gasteiger partial charge in [-0.3, -0.25) is 10.1 Å². The summed E-state index contributed by atoms with van der Waals surface area (Å²) < 4.78 is 21.2. The van der Waals surface area contributed by atoms with Crippen LogP contribution in [0, 0.1) is 10.1 Å². The first kappa shape index (κ1) is 14.8. The summed E-state index contributed by atoms with van der Waals surface area (Å²) in [6.07, 6.45) is 0. The lowest BCUT2D eigenvalue weighted by Crippen LogP contribution is -2.25. The smallest absolute Gasteiger partial charge is 0.270 e. The van der Waals surface area contributed by atoms with Gasteiger partial charge in [0.25, 0.3) is 5.69 Å². The first-order valence-corrected chi connectivity index (χ1v) is 7.24. The Labute approximate surface area is 119 Å². The Balaban J connectivity index is 2.46. The number of nitro groups is 1. The second-order valence-corrected chi connectivity index (χ2v) is 7.40. The van der Waals surface area contributed by atoms with Crippen molar-refractivity contribution in [1.29, 1.82) is 0 Å². The minimum absolute atomic E-state index is 0.000101. The molecule has 0 saturated carbocycles. The number of rotatable bonds is 2. The number of nitro benzene ring substituents is 1. The molecule has 0 N–H and O–H groups in total. The van der Waals surface area contributed by atoms with E-state index in [1.54, 1.807) is 6.07 Å². The molecule has 7 heteroatoms. The van der Waals surface area contributed by atoms with Crippen LogP contribution in [-0.2, 0) is 22.3 Å². The van der Waals surface area contributed by atoms with Crippen molar-refractivity contribution in [2.24, 2.45) is 4.40 Å². The topological polar surface area (TPSA) is 81.8 Å². The van der Waals surface area contributed by atoms with Gasteiger partial charge in [0, 0.05) is 17.7 Å². The molecule has 1 aliphatic rings. The molecule has 0 radical (unpaired) electrons. The maximum Gasteiger partial charge on any atom is 0.270 e. The van der Waals surface area contributed by atoms with Crippen LogP contribution in [0.2, 0.25) is 0 Å². The first-order valence-electron chi connectivity index (χ1n) is 6.14. The minimum atomic E-state index is -1.42. The number of nitrogens with zero attached hydrogens (tertiary/aromatic N) is 2. The molecule has 2 rings (SSSR count). The molecule has 0 fully saturated rings. The highest BCUT2D eigenvalue weighted by atomic mass is 32.2. The third-order valence-electron chi connectivity index (χ3n) is 2.83. The summed E-state index contributed by atoms with van der Waals surface area (Å²) >= 11 is 0. The lowest BCUT2D eigenvalue weighted by atomic mass is 10.0. The second kappa shape index (κ2) is 5.41. The molecule has 108 valence electrons. The predicted molar refractivity (Wildman–Crippen MR) is 77.2 cm³/mol. The van der Waals surface area contributed by atoms with E-state index in [1.165, 1.54) is 12.1 Å². The van der Waals surface area contributed by atoms with Crippen LogP contribution in [0.25, 0.3) is 0 Å². The highest BCUT2D eigenvalue weighted by Crippen LogP contribution is 2.24. The molecule has 1 aromatic rings. The number of ether oxygens (including phenoxy) is 1. The Morgan fingerprint density at radius 1 is 1.35 bits per heavy atom. The summed E-state index contributed by atoms with van der Waals surface area (Å²) in [7, 11) is -1.42. The van der Waals surface area contributed by atoms with E-state index in [0.29, 0.717) is 17.9 Å². The maximum atomic E-state index is 12.1. The van der Waals surface area contributed by atoms with Gasteiger partial charge in [-0.25, -0.2) is 4.21 Å². The van der Waals surface area contributed by atoms with Gasteiger partial charge in [0.05, 0.1) is 28.6 Å². The van der Waals surface area contributed by atoms with Crippen LogP contribution in [-0.4, -0.2) is 26.2 Å². The SMILES string of the molecule is CC(C)(C)[S@@](=O)N=C1COCc2ccc([N+](=O)[O-])cc21. The molecular weight excluding hydrogens is 280 g/mol. The van der Waals surface area contributed by atoms with E-state index in [1.807, 2.05) is 20.8 Å². The van der Waals surface area contributed by atoms with Crippen molar-refractivity contribution in [3.05, 3.63) is 39.4 Å². The minimum Gasteiger partial charge on any atom is -0.370 e. The largest absolute Gasteiger partial charge is 0.370 e. The van der Waals surface area contributed by atoms with Gasteiger partial charge >= 0.3 is 0 Å². The quantitative estimate of drug-likeness (QED) is 0.619. The van der Waals surface area contributed by atoms with Crippen LogP contribution < -0.4 is 0 Å². The van der Waals surface area contributed by atoms with Gasteiger partial charge in [0.1, 0.15) is 11.0 Å². The number of benzene rings is 1. The highest BCUT2D eigenvalue weighted by Gasteiger charge is 2.24. The Hall–Kier alpha value is -1.60. The Kier molecular flexibility index (Phi) is 4.01. The van der Waals surface area contributed by atoms with E-state index in [4.69, 9.17) is 4.74 Å². The molecule has 1 atom stereocenters. The van der Waals surface area contributed by atoms with Crippen LogP contribution in [0.5, 0.6) is 0 Å². The second-order valence-electron chi connectivity index (χ2n) is 5.49. The fraction of sp³-hybridized carbons (Fsp3) is 0.462. The van der Waals surface area contributed by atoms with Crippen LogP contribution in [0.3, 0.4) is 0 Å². The molecule has 0 unspecified atom stereocenters. The first-order chi connectivity index (χ1) is 9.29. The van der Waals surface area contributed by atoms with Gasteiger partial charge in [-0.05, 0) is 32.4 Å². The molecule has 1 aliphatic heterocycles. The summed E-state index contributed by atoms with van der Waals surface area (Å²) in [5.74, 6) is 0. The van der Waals surface area contributed by atoms with E-state index in [9.17, 15) is 14.3 Å². The van der Waals surface area contributed by atoms with Crippen LogP contribution in [0.4, 0.5) is 5.69 Å². The number of fused-ring (bicyclic) bond motifs is 1. The zero-order chi connectivity index (χ0) is 14.9. The van der Waals surface area contributed by atoms with Crippen molar-refractivity contribution >= 4 is 22.4 Å². The van der Waals surface area contributed by atoms with Gasteiger partial charge in [-0.2, -0.15) is 4.40 Å². The van der Waals surface area contributed by atoms with Gasteiger partial charge in [-0.1, -0.05) is 0 Å². The van der Waals surface area contributed by atoms with Crippen molar-refractivity contribution in [1.82, 2.24) is 0 Å². The van der Waals surface area contributed by atoms with Crippen molar-refractivity contribution < 1.29 is 13.9 Å². The lowest BCUT2D eigenvalue weighted by molar-refractivity contribution is -0.384. The molecule has 0 aromatic heterocycles. The van der Waals surface area contributed by atoms with Crippen molar-refractivity contribution in [3.8, 4) is 0 Å². The fourth-order valence-electron chi connectivity index (χ4n) is 1.72. The van der Waals surface area contributed by atoms with Gasteiger partial charge in [0.2, 0.25) is 0 Å². The third-order valence-corrected chi connectivity index (χ3v) is 4.26. The molecule has 0 amide bonds. The third kappa shape index (κ3) is 3.10. The molecule has 0 saturated heterocycles. The molecule has 0 bridgehead atoms. The van der Waals surface area contributed by atoms with E-state index in [2.05, 4.69) is 4.40 Å². The van der Waals surface area contributed by atoms with E-state index >= 15 is 0 Å². The zero-order valence-corrected chi connectivity index (χ0v) is 12.4. The normalized spacial score (nSPS) is 18.6. The maximum absolute atomic E-state index is 12.1. The average molecular weight is 296 g/mol. The Morgan fingerprint density at radius 3 is 2.65 bits per heavy atom. The number of hydrogen-bond acceptors (Lipinski definition) is 4. The molecule has 0 spiro atoms. The van der Waals surface area contributed by atoms with E-state index in [-0.39, 0.29) is 12.3 Å². The Morgan fingerprint density at radius 2 is 2.05 bits per heavy atom. The van der Waals surface area contributed by atoms with Crippen LogP contribution in [0.1, 0.15) is 31.9 Å². The van der Waals surface area contributed by atoms with Gasteiger partial charge in [0.15, 0.2) is 0 Å². The summed E-state index contributed by atoms with van der Waals surface area (Å²) in [6, 6.07) is 4.56. The molecule has 20 heavy (non-hydrogen) atoms. The summed E-state index contributed by atoms with van der Waals surface area (Å²) in [5, 5.41) is 10.8. The highest BCUT2D eigenvalue weighted by molar-refractivity contribution is 7.85. The number of non-ortho nitro benzene ring substituents is 1. The van der Waals surface area contributed by atoms with Crippen molar-refractivity contribution in [2.45, 2.75) is 32.1 Å². The monoisotopic (exact) mass is 296 g/mol. The van der Waals surface area contributed by atoms with E-state index < -0.39 is 20.7 Å². The summed E-state index contributed by atoms with van der Waals surface area (Å²) in [4.78, 5) is 10.4. The fourth-order valence-corrected chi connectivity index (χ4v) is 2.35. The van der Waals surface area contributed by atoms with Crippen LogP contribution in [0.15, 0.2) is 22.6 Å². The van der Waals surface area contributed by atoms with Crippen molar-refractivity contribution in [2.75, 3.05) is 6.61 Å². The average Bonchev–Trinajstić information content (AvgIpc) is 2.37. The molecule has 1 aromatic carbocycles. The van der Waals surface area contributed by atoms with Crippen molar-refractivity contribution in [3.63, 3.8) is 0 Å². The summed E-state index contributed by atoms with van der Waals surface area (Å²) in [6.45, 7) is 6.08. The zero-order valence-electron chi connectivity index (χ0n) is 11.6. The molecule has 1 heterocycles. The van der Waals surface area contributed by atoms with Gasteiger partial charge < -0.3 is 4.74 Å². The standard InChI is InChI=1S/C13H16N2O4S/c1-13(2,3)20(18)14-12-8-19-7-9-4-5-10(15(16)17)6-11(9)12/h4-6H,7-8H2,1-3H3/t20-/m1/s1. The lowest BCUT2D eigenvalue weighted by Gasteiger charge is -2.20. The molecule has 0 aliphatic carbocycles. The van der Waals surface area contributed by atoms with E-state index in [0.717, 1.165) is 5.56 Å². The predicted octanol–water partition coefficient (Wildman–Crippen LogP) is 2.38. The molecular formula is C13H16N2O4S. The molecule has 6 nitrogen and oxygen atoms in total. The number of hydrogen-bond donors (Lipinski definition) is 0. The van der Waals surface area contributed by atoms with Crippen LogP contribution >= 0.6 is 0 Å².